The summed E-state index contributed by atoms with van der Waals surface area (Å²) in [5, 5.41) is 20.4. The van der Waals surface area contributed by atoms with Crippen LogP contribution in [0.3, 0.4) is 0 Å². The molecule has 28 heavy (non-hydrogen) atoms. The zero-order valence-electron chi connectivity index (χ0n) is 15.5. The molecular formula is C13H18I2N6O4S3. The van der Waals surface area contributed by atoms with Gasteiger partial charge in [-0.2, -0.15) is 0 Å². The van der Waals surface area contributed by atoms with E-state index in [1.807, 2.05) is 13.8 Å². The fraction of sp³-hybridized carbons (Fsp3) is 0.462. The highest BCUT2D eigenvalue weighted by molar-refractivity contribution is 15.0. The van der Waals surface area contributed by atoms with E-state index in [0.717, 1.165) is 32.9 Å². The molecule has 0 amide bonds. The summed E-state index contributed by atoms with van der Waals surface area (Å²) in [7, 11) is 2.95. The number of halogens is 2. The fourth-order valence-corrected chi connectivity index (χ4v) is 2.87. The molecule has 0 aliphatic heterocycles. The van der Waals surface area contributed by atoms with Gasteiger partial charge in [0.05, 0.1) is 37.1 Å². The smallest absolute Gasteiger partial charge is 0.351 e. The van der Waals surface area contributed by atoms with Crippen molar-refractivity contribution in [2.75, 3.05) is 14.2 Å². The van der Waals surface area contributed by atoms with Crippen LogP contribution < -0.4 is 4.74 Å². The number of aliphatic hydroxyl groups is 1. The first-order valence-corrected chi connectivity index (χ1v) is 15.8. The third-order valence-electron chi connectivity index (χ3n) is 2.71. The number of hydrogen-bond acceptors (Lipinski definition) is 13. The van der Waals surface area contributed by atoms with Gasteiger partial charge in [-0.15, -0.1) is 15.3 Å². The number of hydrogen-bond donors (Lipinski definition) is 1. The Labute approximate surface area is 197 Å². The average molecular weight is 672 g/mol. The molecule has 0 atom stereocenters. The molecule has 0 aliphatic rings. The Balaban J connectivity index is 0.000000376. The highest BCUT2D eigenvalue weighted by atomic mass is 128. The maximum Gasteiger partial charge on any atom is 0.351 e. The molecule has 0 aromatic carbocycles. The summed E-state index contributed by atoms with van der Waals surface area (Å²) in [5.41, 5.74) is 2.31. The standard InChI is InChI=1S/C5H6N2O2S.2C4H6N2OS.I2/c1-3-4(5(8)9-2)10-7-6-3;1-3-4(7-2)8-6-5-3;1-3-4(2-7)8-6-5-3;1-2/h1-2H3;1-2H3;7H,2H2,1H3;. The summed E-state index contributed by atoms with van der Waals surface area (Å²) in [6.07, 6.45) is 0. The maximum atomic E-state index is 10.8. The lowest BCUT2D eigenvalue weighted by atomic mass is 10.4. The number of esters is 1. The van der Waals surface area contributed by atoms with Crippen LogP contribution in [0.5, 0.6) is 5.06 Å². The van der Waals surface area contributed by atoms with Crippen LogP contribution in [0.4, 0.5) is 0 Å². The highest BCUT2D eigenvalue weighted by Gasteiger charge is 2.12. The number of carbonyl (C=O) groups excluding carboxylic acids is 1. The molecule has 0 radical (unpaired) electrons. The van der Waals surface area contributed by atoms with Gasteiger partial charge in [-0.3, -0.25) is 0 Å². The molecule has 3 rings (SSSR count). The topological polar surface area (TPSA) is 133 Å². The van der Waals surface area contributed by atoms with Crippen molar-refractivity contribution in [3.05, 3.63) is 26.8 Å². The predicted molar refractivity (Wildman–Crippen MR) is 126 cm³/mol. The Hall–Kier alpha value is -0.630. The second-order valence-corrected chi connectivity index (χ2v) is 6.78. The first kappa shape index (κ1) is 27.4. The van der Waals surface area contributed by atoms with Gasteiger partial charge in [0.1, 0.15) is 5.69 Å². The minimum Gasteiger partial charge on any atom is -0.485 e. The van der Waals surface area contributed by atoms with Gasteiger partial charge >= 0.3 is 5.97 Å². The molecular weight excluding hydrogens is 654 g/mol. The predicted octanol–water partition coefficient (Wildman–Crippen LogP) is 3.60. The second-order valence-electron chi connectivity index (χ2n) is 4.47. The molecule has 0 unspecified atom stereocenters. The van der Waals surface area contributed by atoms with Crippen LogP contribution in [-0.4, -0.2) is 54.1 Å². The molecule has 0 bridgehead atoms. The van der Waals surface area contributed by atoms with Gasteiger partial charge < -0.3 is 14.6 Å². The van der Waals surface area contributed by atoms with Gasteiger partial charge in [0.15, 0.2) is 4.88 Å². The molecule has 3 heterocycles. The van der Waals surface area contributed by atoms with E-state index in [9.17, 15) is 4.79 Å². The molecule has 10 nitrogen and oxygen atoms in total. The lowest BCUT2D eigenvalue weighted by Crippen LogP contribution is -1.99. The summed E-state index contributed by atoms with van der Waals surface area (Å²) in [4.78, 5) is 12.1. The maximum absolute atomic E-state index is 10.8. The third-order valence-corrected chi connectivity index (χ3v) is 5.11. The van der Waals surface area contributed by atoms with Crippen molar-refractivity contribution in [2.45, 2.75) is 27.4 Å². The molecule has 3 aromatic rings. The van der Waals surface area contributed by atoms with Gasteiger partial charge in [0.25, 0.3) is 0 Å². The Morgan fingerprint density at radius 3 is 1.75 bits per heavy atom. The van der Waals surface area contributed by atoms with Crippen LogP contribution in [0.1, 0.15) is 31.6 Å². The number of aromatic nitrogens is 6. The van der Waals surface area contributed by atoms with Gasteiger partial charge in [0.2, 0.25) is 5.06 Å². The number of rotatable bonds is 3. The van der Waals surface area contributed by atoms with Gasteiger partial charge in [-0.25, -0.2) is 4.79 Å². The number of methoxy groups -OCH3 is 2. The number of nitrogens with zero attached hydrogens (tertiary/aromatic N) is 6. The molecule has 0 saturated carbocycles. The van der Waals surface area contributed by atoms with Crippen LogP contribution in [0.15, 0.2) is 0 Å². The van der Waals surface area contributed by atoms with Crippen LogP contribution in [-0.2, 0) is 11.3 Å². The van der Waals surface area contributed by atoms with E-state index in [4.69, 9.17) is 9.84 Å². The number of ether oxygens (including phenoxy) is 2. The number of aryl methyl sites for hydroxylation is 3. The quantitative estimate of drug-likeness (QED) is 0.325. The molecule has 15 heteroatoms. The summed E-state index contributed by atoms with van der Waals surface area (Å²) in [6, 6.07) is 0. The van der Waals surface area contributed by atoms with Crippen molar-refractivity contribution in [2.24, 2.45) is 0 Å². The van der Waals surface area contributed by atoms with E-state index >= 15 is 0 Å². The van der Waals surface area contributed by atoms with Crippen molar-refractivity contribution in [3.8, 4) is 5.06 Å². The van der Waals surface area contributed by atoms with Crippen LogP contribution in [0.25, 0.3) is 0 Å². The number of carbonyl (C=O) groups is 1. The fourth-order valence-electron chi connectivity index (χ4n) is 1.32. The van der Waals surface area contributed by atoms with Gasteiger partial charge in [-0.1, -0.05) is 13.5 Å². The summed E-state index contributed by atoms with van der Waals surface area (Å²) in [6.45, 7) is 5.47. The highest BCUT2D eigenvalue weighted by Crippen LogP contribution is 2.17. The normalized spacial score (nSPS) is 9.00. The Bertz CT molecular complexity index is 773. The van der Waals surface area contributed by atoms with Crippen LogP contribution in [0, 0.1) is 20.8 Å². The number of aliphatic hydroxyl groups excluding tert-OH is 1. The van der Waals surface area contributed by atoms with Crippen molar-refractivity contribution >= 4 is 77.8 Å². The average Bonchev–Trinajstić information content (AvgIpc) is 3.45. The molecule has 3 aromatic heterocycles. The Kier molecular flexibility index (Phi) is 15.8. The van der Waals surface area contributed by atoms with Crippen molar-refractivity contribution in [3.63, 3.8) is 0 Å². The third kappa shape index (κ3) is 9.72. The van der Waals surface area contributed by atoms with Crippen LogP contribution >= 0.6 is 71.8 Å². The lowest BCUT2D eigenvalue weighted by molar-refractivity contribution is 0.0605. The van der Waals surface area contributed by atoms with E-state index in [1.54, 1.807) is 14.0 Å². The first-order chi connectivity index (χ1) is 13.4. The van der Waals surface area contributed by atoms with Crippen molar-refractivity contribution < 1.29 is 19.4 Å². The Morgan fingerprint density at radius 1 is 0.929 bits per heavy atom. The minimum absolute atomic E-state index is 0.0590. The van der Waals surface area contributed by atoms with E-state index in [0.29, 0.717) is 10.6 Å². The van der Waals surface area contributed by atoms with Gasteiger partial charge in [-0.05, 0) is 43.8 Å². The van der Waals surface area contributed by atoms with E-state index in [2.05, 4.69) is 70.7 Å². The summed E-state index contributed by atoms with van der Waals surface area (Å²) >= 11 is 7.79. The largest absolute Gasteiger partial charge is 0.485 e. The van der Waals surface area contributed by atoms with E-state index in [-0.39, 0.29) is 12.6 Å². The summed E-state index contributed by atoms with van der Waals surface area (Å²) in [5.74, 6) is -0.368. The molecule has 1 N–H and O–H groups in total. The SMILES string of the molecule is COC(=O)c1snnc1C.COc1snnc1C.Cc1nnsc1CO.II. The first-order valence-electron chi connectivity index (χ1n) is 7.17. The second kappa shape index (κ2) is 16.2. The zero-order chi connectivity index (χ0) is 21.5. The van der Waals surface area contributed by atoms with E-state index in [1.165, 1.54) is 30.2 Å². The monoisotopic (exact) mass is 672 g/mol. The van der Waals surface area contributed by atoms with Crippen molar-refractivity contribution in [1.82, 2.24) is 28.8 Å². The molecule has 0 saturated heterocycles. The molecule has 156 valence electrons. The van der Waals surface area contributed by atoms with E-state index < -0.39 is 0 Å². The lowest BCUT2D eigenvalue weighted by Gasteiger charge is -1.91. The molecule has 0 aliphatic carbocycles. The molecule has 0 spiro atoms. The molecule has 0 fully saturated rings. The zero-order valence-corrected chi connectivity index (χ0v) is 22.3. The minimum atomic E-state index is -0.368. The Morgan fingerprint density at radius 2 is 1.46 bits per heavy atom. The summed E-state index contributed by atoms with van der Waals surface area (Å²) < 4.78 is 20.2. The van der Waals surface area contributed by atoms with Crippen molar-refractivity contribution in [1.29, 1.82) is 0 Å². The van der Waals surface area contributed by atoms with Gasteiger partial charge in [0, 0.05) is 48.8 Å². The van der Waals surface area contributed by atoms with Crippen LogP contribution in [0.2, 0.25) is 0 Å².